The van der Waals surface area contributed by atoms with Crippen LogP contribution in [0.1, 0.15) is 58.7 Å². The molecule has 2 amide bonds. The molecule has 1 aliphatic heterocycles. The van der Waals surface area contributed by atoms with Crippen LogP contribution in [0, 0.1) is 17.2 Å². The standard InChI is InChI=1S/C26H26N6O2.C2H6/c1-30(16-18-5-6-18)17-19-7-9-22(10-8-19)31-11-12-32-24(26(31)34)23(15-28-32)25(33)29-21-4-2-3-20(13-21)14-27;1-2/h2-4,7-10,13,15,18H,5-6,11-12,16-17H2,1H3,(H,29,33);1-2H3. The van der Waals surface area contributed by atoms with Crippen LogP contribution < -0.4 is 10.2 Å². The zero-order valence-corrected chi connectivity index (χ0v) is 21.1. The molecule has 5 rings (SSSR count). The maximum absolute atomic E-state index is 13.4. The van der Waals surface area contributed by atoms with Crippen molar-refractivity contribution in [1.29, 1.82) is 5.26 Å². The highest BCUT2D eigenvalue weighted by Gasteiger charge is 2.32. The second-order valence-electron chi connectivity index (χ2n) is 9.04. The van der Waals surface area contributed by atoms with Gasteiger partial charge in [0.1, 0.15) is 5.69 Å². The maximum atomic E-state index is 13.4. The van der Waals surface area contributed by atoms with Gasteiger partial charge in [-0.3, -0.25) is 14.3 Å². The van der Waals surface area contributed by atoms with Gasteiger partial charge in [0, 0.05) is 31.0 Å². The van der Waals surface area contributed by atoms with Crippen LogP contribution in [0.2, 0.25) is 0 Å². The molecule has 0 radical (unpaired) electrons. The Morgan fingerprint density at radius 1 is 1.17 bits per heavy atom. The molecule has 0 spiro atoms. The summed E-state index contributed by atoms with van der Waals surface area (Å²) in [5.41, 5.74) is 3.44. The Bertz CT molecular complexity index is 1270. The third-order valence-electron chi connectivity index (χ3n) is 6.28. The van der Waals surface area contributed by atoms with Crippen molar-refractivity contribution in [1.82, 2.24) is 14.7 Å². The van der Waals surface area contributed by atoms with E-state index < -0.39 is 5.91 Å². The predicted octanol–water partition coefficient (Wildman–Crippen LogP) is 4.54. The minimum Gasteiger partial charge on any atom is -0.322 e. The number of benzene rings is 2. The molecule has 0 atom stereocenters. The highest BCUT2D eigenvalue weighted by atomic mass is 16.2. The molecule has 0 bridgehead atoms. The van der Waals surface area contributed by atoms with Crippen molar-refractivity contribution in [2.75, 3.05) is 30.4 Å². The summed E-state index contributed by atoms with van der Waals surface area (Å²) in [6.07, 6.45) is 4.10. The second kappa shape index (κ2) is 11.2. The van der Waals surface area contributed by atoms with Crippen molar-refractivity contribution in [2.45, 2.75) is 39.8 Å². The van der Waals surface area contributed by atoms with Crippen LogP contribution in [-0.2, 0) is 13.1 Å². The molecule has 1 saturated carbocycles. The first-order valence-electron chi connectivity index (χ1n) is 12.5. The van der Waals surface area contributed by atoms with Gasteiger partial charge in [0.2, 0.25) is 0 Å². The summed E-state index contributed by atoms with van der Waals surface area (Å²) >= 11 is 0. The number of hydrogen-bond donors (Lipinski definition) is 1. The van der Waals surface area contributed by atoms with E-state index in [2.05, 4.69) is 40.6 Å². The van der Waals surface area contributed by atoms with Gasteiger partial charge in [-0.25, -0.2) is 0 Å². The molecule has 1 N–H and O–H groups in total. The van der Waals surface area contributed by atoms with E-state index in [1.807, 2.05) is 26.0 Å². The molecular formula is C28H32N6O2. The zero-order valence-electron chi connectivity index (χ0n) is 21.1. The number of carbonyl (C=O) groups excluding carboxylic acids is 2. The molecule has 3 aromatic rings. The Hall–Kier alpha value is -3.96. The smallest absolute Gasteiger partial charge is 0.277 e. The summed E-state index contributed by atoms with van der Waals surface area (Å²) in [6, 6.07) is 16.8. The Kier molecular flexibility index (Phi) is 7.81. The Morgan fingerprint density at radius 3 is 2.61 bits per heavy atom. The van der Waals surface area contributed by atoms with Crippen molar-refractivity contribution in [2.24, 2.45) is 5.92 Å². The Morgan fingerprint density at radius 2 is 1.92 bits per heavy atom. The fraction of sp³-hybridized carbons (Fsp3) is 0.357. The summed E-state index contributed by atoms with van der Waals surface area (Å²) in [4.78, 5) is 30.4. The van der Waals surface area contributed by atoms with Crippen molar-refractivity contribution < 1.29 is 9.59 Å². The molecule has 186 valence electrons. The first-order chi connectivity index (χ1) is 17.5. The first kappa shape index (κ1) is 25.1. The van der Waals surface area contributed by atoms with E-state index in [4.69, 9.17) is 5.26 Å². The van der Waals surface area contributed by atoms with Crippen molar-refractivity contribution in [3.8, 4) is 6.07 Å². The molecule has 0 unspecified atom stereocenters. The number of hydrogen-bond acceptors (Lipinski definition) is 5. The van der Waals surface area contributed by atoms with Gasteiger partial charge in [0.05, 0.1) is 29.9 Å². The van der Waals surface area contributed by atoms with Crippen LogP contribution in [0.3, 0.4) is 0 Å². The minimum atomic E-state index is -0.430. The van der Waals surface area contributed by atoms with Gasteiger partial charge in [0.15, 0.2) is 0 Å². The number of carbonyl (C=O) groups is 2. The third kappa shape index (κ3) is 5.64. The number of fused-ring (bicyclic) bond motifs is 1. The number of rotatable bonds is 7. The summed E-state index contributed by atoms with van der Waals surface area (Å²) < 4.78 is 1.58. The van der Waals surface area contributed by atoms with Crippen molar-refractivity contribution in [3.63, 3.8) is 0 Å². The lowest BCUT2D eigenvalue weighted by Gasteiger charge is -2.28. The van der Waals surface area contributed by atoms with E-state index in [1.54, 1.807) is 33.8 Å². The molecule has 0 saturated heterocycles. The van der Waals surface area contributed by atoms with Gasteiger partial charge in [0.25, 0.3) is 11.8 Å². The van der Waals surface area contributed by atoms with Crippen LogP contribution in [0.4, 0.5) is 11.4 Å². The van der Waals surface area contributed by atoms with Gasteiger partial charge in [-0.05, 0) is 61.7 Å². The van der Waals surface area contributed by atoms with E-state index in [1.165, 1.54) is 24.6 Å². The number of nitrogens with one attached hydrogen (secondary N) is 1. The zero-order chi connectivity index (χ0) is 25.7. The molecule has 1 aromatic heterocycles. The van der Waals surface area contributed by atoms with Crippen LogP contribution >= 0.6 is 0 Å². The molecule has 2 heterocycles. The molecule has 1 aliphatic carbocycles. The average molecular weight is 485 g/mol. The van der Waals surface area contributed by atoms with Gasteiger partial charge in [-0.15, -0.1) is 0 Å². The summed E-state index contributed by atoms with van der Waals surface area (Å²) in [5.74, 6) is 0.167. The molecule has 2 aliphatic rings. The summed E-state index contributed by atoms with van der Waals surface area (Å²) in [6.45, 7) is 7.00. The number of nitriles is 1. The largest absolute Gasteiger partial charge is 0.322 e. The molecule has 8 heteroatoms. The highest BCUT2D eigenvalue weighted by molar-refractivity contribution is 6.15. The third-order valence-corrected chi connectivity index (χ3v) is 6.28. The van der Waals surface area contributed by atoms with E-state index in [-0.39, 0.29) is 17.2 Å². The van der Waals surface area contributed by atoms with Gasteiger partial charge >= 0.3 is 0 Å². The Labute approximate surface area is 212 Å². The SMILES string of the molecule is CC.CN(Cc1ccc(N2CCn3ncc(C(=O)Nc4cccc(C#N)c4)c3C2=O)cc1)CC1CC1. The quantitative estimate of drug-likeness (QED) is 0.532. The van der Waals surface area contributed by atoms with E-state index in [9.17, 15) is 9.59 Å². The summed E-state index contributed by atoms with van der Waals surface area (Å²) in [7, 11) is 2.14. The molecule has 1 fully saturated rings. The van der Waals surface area contributed by atoms with E-state index >= 15 is 0 Å². The second-order valence-corrected chi connectivity index (χ2v) is 9.04. The first-order valence-corrected chi connectivity index (χ1v) is 12.5. The summed E-state index contributed by atoms with van der Waals surface area (Å²) in [5, 5.41) is 16.1. The fourth-order valence-electron chi connectivity index (χ4n) is 4.38. The predicted molar refractivity (Wildman–Crippen MR) is 140 cm³/mol. The van der Waals surface area contributed by atoms with Gasteiger partial charge < -0.3 is 15.1 Å². The minimum absolute atomic E-state index is 0.218. The van der Waals surface area contributed by atoms with Gasteiger partial charge in [-0.2, -0.15) is 10.4 Å². The lowest BCUT2D eigenvalue weighted by atomic mass is 10.1. The lowest BCUT2D eigenvalue weighted by Crippen LogP contribution is -2.41. The topological polar surface area (TPSA) is 94.3 Å². The molecule has 8 nitrogen and oxygen atoms in total. The maximum Gasteiger partial charge on any atom is 0.277 e. The van der Waals surface area contributed by atoms with Crippen molar-refractivity contribution >= 4 is 23.2 Å². The fourth-order valence-corrected chi connectivity index (χ4v) is 4.38. The molecular weight excluding hydrogens is 452 g/mol. The van der Waals surface area contributed by atoms with Gasteiger partial charge in [-0.1, -0.05) is 32.0 Å². The van der Waals surface area contributed by atoms with E-state index in [0.717, 1.165) is 24.7 Å². The van der Waals surface area contributed by atoms with Crippen LogP contribution in [0.15, 0.2) is 54.7 Å². The molecule has 2 aromatic carbocycles. The number of nitrogens with zero attached hydrogens (tertiary/aromatic N) is 5. The van der Waals surface area contributed by atoms with E-state index in [0.29, 0.717) is 24.3 Å². The Balaban J connectivity index is 0.00000148. The molecule has 36 heavy (non-hydrogen) atoms. The van der Waals surface area contributed by atoms with Crippen molar-refractivity contribution in [3.05, 3.63) is 77.1 Å². The normalized spacial score (nSPS) is 14.5. The lowest BCUT2D eigenvalue weighted by molar-refractivity contribution is 0.0947. The number of amides is 2. The monoisotopic (exact) mass is 484 g/mol. The number of anilines is 2. The average Bonchev–Trinajstić information content (AvgIpc) is 3.60. The number of aromatic nitrogens is 2. The highest BCUT2D eigenvalue weighted by Crippen LogP contribution is 2.30. The van der Waals surface area contributed by atoms with Crippen LogP contribution in [0.25, 0.3) is 0 Å². The van der Waals surface area contributed by atoms with Crippen LogP contribution in [-0.4, -0.2) is 46.6 Å². The van der Waals surface area contributed by atoms with Crippen LogP contribution in [0.5, 0.6) is 0 Å².